The fraction of sp³-hybridized carbons (Fsp3) is 0.0588. The van der Waals surface area contributed by atoms with Crippen LogP contribution in [0.25, 0.3) is 5.41 Å². The SMILES string of the molecule is Cc1ccc(C(=O)C(=C=[N-])N=Nc2ccccc2C(=O)O)cc1. The molecular weight excluding hydrogens is 294 g/mol. The standard InChI is InChI=1S/C17H12N3O3/c1-11-6-8-12(9-7-11)16(21)15(10-18)20-19-14-5-3-2-4-13(14)17(22)23/h2-9H,1H3,(H,22,23)/q-1. The third kappa shape index (κ3) is 3.84. The second-order valence-electron chi connectivity index (χ2n) is 4.68. The maximum Gasteiger partial charge on any atom is 0.337 e. The number of benzene rings is 2. The summed E-state index contributed by atoms with van der Waals surface area (Å²) in [6.45, 7) is 1.88. The third-order valence-electron chi connectivity index (χ3n) is 3.03. The molecule has 6 heteroatoms. The fourth-order valence-corrected chi connectivity index (χ4v) is 1.81. The third-order valence-corrected chi connectivity index (χ3v) is 3.03. The molecular formula is C17H12N3O3-. The molecule has 0 bridgehead atoms. The number of ketones is 1. The first-order chi connectivity index (χ1) is 11.0. The second kappa shape index (κ2) is 7.06. The minimum Gasteiger partial charge on any atom is -0.761 e. The predicted molar refractivity (Wildman–Crippen MR) is 85.3 cm³/mol. The fourth-order valence-electron chi connectivity index (χ4n) is 1.81. The summed E-state index contributed by atoms with van der Waals surface area (Å²) < 4.78 is 0. The highest BCUT2D eigenvalue weighted by Gasteiger charge is 2.12. The van der Waals surface area contributed by atoms with Crippen molar-refractivity contribution in [1.82, 2.24) is 0 Å². The van der Waals surface area contributed by atoms with Gasteiger partial charge in [-0.25, -0.2) is 10.7 Å². The van der Waals surface area contributed by atoms with Gasteiger partial charge in [0.2, 0.25) is 5.78 Å². The van der Waals surface area contributed by atoms with E-state index < -0.39 is 17.4 Å². The Hall–Kier alpha value is -3.37. The molecule has 0 aromatic heterocycles. The summed E-state index contributed by atoms with van der Waals surface area (Å²) >= 11 is 0. The zero-order valence-corrected chi connectivity index (χ0v) is 12.2. The normalized spacial score (nSPS) is 10.3. The van der Waals surface area contributed by atoms with Crippen molar-refractivity contribution in [2.75, 3.05) is 0 Å². The topological polar surface area (TPSA) is 101 Å². The number of carboxylic acids is 1. The predicted octanol–water partition coefficient (Wildman–Crippen LogP) is 3.78. The molecule has 0 saturated heterocycles. The summed E-state index contributed by atoms with van der Waals surface area (Å²) in [5.74, 6) is -0.0365. The Bertz CT molecular complexity index is 832. The van der Waals surface area contributed by atoms with Crippen molar-refractivity contribution in [3.05, 3.63) is 76.3 Å². The Kier molecular flexibility index (Phi) is 4.92. The molecule has 114 valence electrons. The molecule has 0 atom stereocenters. The number of Topliss-reactive ketones (excluding diaryl/α,β-unsaturated/α-hetero) is 1. The molecule has 23 heavy (non-hydrogen) atoms. The van der Waals surface area contributed by atoms with Crippen LogP contribution < -0.4 is 0 Å². The van der Waals surface area contributed by atoms with Crippen LogP contribution in [0.5, 0.6) is 0 Å². The van der Waals surface area contributed by atoms with Crippen LogP contribution in [0, 0.1) is 6.92 Å². The van der Waals surface area contributed by atoms with Gasteiger partial charge in [0.1, 0.15) is 5.69 Å². The van der Waals surface area contributed by atoms with E-state index in [1.807, 2.05) is 6.92 Å². The number of hydrogen-bond donors (Lipinski definition) is 1. The first-order valence-electron chi connectivity index (χ1n) is 6.65. The molecule has 2 rings (SSSR count). The van der Waals surface area contributed by atoms with Gasteiger partial charge in [-0.15, -0.1) is 10.2 Å². The van der Waals surface area contributed by atoms with Crippen molar-refractivity contribution >= 4 is 23.3 Å². The lowest BCUT2D eigenvalue weighted by Gasteiger charge is -2.02. The summed E-state index contributed by atoms with van der Waals surface area (Å²) in [6.07, 6.45) is 0. The van der Waals surface area contributed by atoms with E-state index in [0.717, 1.165) is 5.56 Å². The Labute approximate surface area is 132 Å². The highest BCUT2D eigenvalue weighted by atomic mass is 16.4. The van der Waals surface area contributed by atoms with Gasteiger partial charge in [0, 0.05) is 5.56 Å². The van der Waals surface area contributed by atoms with Crippen molar-refractivity contribution in [3.8, 4) is 0 Å². The van der Waals surface area contributed by atoms with Gasteiger partial charge in [-0.2, -0.15) is 0 Å². The Morgan fingerprint density at radius 2 is 1.74 bits per heavy atom. The highest BCUT2D eigenvalue weighted by Crippen LogP contribution is 2.20. The van der Waals surface area contributed by atoms with Crippen molar-refractivity contribution in [2.24, 2.45) is 10.2 Å². The van der Waals surface area contributed by atoms with Crippen molar-refractivity contribution in [2.45, 2.75) is 6.92 Å². The van der Waals surface area contributed by atoms with Crippen molar-refractivity contribution in [1.29, 1.82) is 0 Å². The number of rotatable bonds is 5. The summed E-state index contributed by atoms with van der Waals surface area (Å²) in [6, 6.07) is 12.6. The summed E-state index contributed by atoms with van der Waals surface area (Å²) in [7, 11) is 0. The lowest BCUT2D eigenvalue weighted by Crippen LogP contribution is -2.02. The van der Waals surface area contributed by atoms with Crippen molar-refractivity contribution in [3.63, 3.8) is 0 Å². The maximum absolute atomic E-state index is 12.2. The van der Waals surface area contributed by atoms with Crippen LogP contribution in [0.2, 0.25) is 0 Å². The van der Waals surface area contributed by atoms with Crippen LogP contribution in [-0.4, -0.2) is 22.7 Å². The second-order valence-corrected chi connectivity index (χ2v) is 4.68. The molecule has 0 aliphatic rings. The molecule has 0 unspecified atom stereocenters. The van der Waals surface area contributed by atoms with Crippen LogP contribution in [0.3, 0.4) is 0 Å². The van der Waals surface area contributed by atoms with E-state index in [0.29, 0.717) is 5.56 Å². The Balaban J connectivity index is 2.30. The van der Waals surface area contributed by atoms with Gasteiger partial charge in [0.25, 0.3) is 0 Å². The van der Waals surface area contributed by atoms with Crippen LogP contribution in [0.1, 0.15) is 26.3 Å². The molecule has 0 heterocycles. The number of nitrogens with zero attached hydrogens (tertiary/aromatic N) is 3. The molecule has 2 aromatic rings. The molecule has 0 aliphatic heterocycles. The minimum absolute atomic E-state index is 0.0590. The molecule has 0 spiro atoms. The van der Waals surface area contributed by atoms with Gasteiger partial charge >= 0.3 is 5.97 Å². The number of carboxylic acid groups (broad SMARTS) is 1. The van der Waals surface area contributed by atoms with E-state index in [4.69, 9.17) is 10.5 Å². The molecule has 0 aliphatic carbocycles. The number of carbonyl (C=O) groups excluding carboxylic acids is 1. The van der Waals surface area contributed by atoms with Gasteiger partial charge in [-0.05, 0) is 19.1 Å². The molecule has 6 nitrogen and oxygen atoms in total. The molecule has 0 radical (unpaired) electrons. The summed E-state index contributed by atoms with van der Waals surface area (Å²) in [4.78, 5) is 23.3. The molecule has 0 amide bonds. The van der Waals surface area contributed by atoms with E-state index >= 15 is 0 Å². The first kappa shape index (κ1) is 16.0. The number of azo groups is 1. The summed E-state index contributed by atoms with van der Waals surface area (Å²) in [5, 5.41) is 25.5. The van der Waals surface area contributed by atoms with E-state index in [1.54, 1.807) is 42.3 Å². The van der Waals surface area contributed by atoms with Crippen LogP contribution in [-0.2, 0) is 0 Å². The van der Waals surface area contributed by atoms with Crippen LogP contribution in [0.4, 0.5) is 5.69 Å². The molecule has 0 fully saturated rings. The van der Waals surface area contributed by atoms with Crippen molar-refractivity contribution < 1.29 is 14.7 Å². The quantitative estimate of drug-likeness (QED) is 0.393. The average molecular weight is 306 g/mol. The molecule has 2 aromatic carbocycles. The van der Waals surface area contributed by atoms with E-state index in [-0.39, 0.29) is 11.3 Å². The maximum atomic E-state index is 12.2. The molecule has 1 N–H and O–H groups in total. The zero-order valence-electron chi connectivity index (χ0n) is 12.2. The molecule has 0 saturated carbocycles. The number of hydrogen-bond acceptors (Lipinski definition) is 4. The Morgan fingerprint density at radius 1 is 1.09 bits per heavy atom. The number of carbonyl (C=O) groups is 2. The number of aromatic carboxylic acids is 1. The average Bonchev–Trinajstić information content (AvgIpc) is 2.56. The van der Waals surface area contributed by atoms with Gasteiger partial charge in [0.05, 0.1) is 5.56 Å². The summed E-state index contributed by atoms with van der Waals surface area (Å²) in [5.41, 5.74) is 0.907. The Morgan fingerprint density at radius 3 is 2.35 bits per heavy atom. The lowest BCUT2D eigenvalue weighted by molar-refractivity contribution is 0.0697. The lowest BCUT2D eigenvalue weighted by atomic mass is 10.1. The number of allylic oxidation sites excluding steroid dienone is 1. The zero-order chi connectivity index (χ0) is 16.8. The van der Waals surface area contributed by atoms with E-state index in [2.05, 4.69) is 10.2 Å². The van der Waals surface area contributed by atoms with Gasteiger partial charge in [-0.1, -0.05) is 42.0 Å². The van der Waals surface area contributed by atoms with Crippen LogP contribution in [0.15, 0.2) is 64.5 Å². The highest BCUT2D eigenvalue weighted by molar-refractivity contribution is 6.13. The van der Waals surface area contributed by atoms with Crippen LogP contribution >= 0.6 is 0 Å². The van der Waals surface area contributed by atoms with Gasteiger partial charge < -0.3 is 10.5 Å². The number of aryl methyl sites for hydroxylation is 1. The van der Waals surface area contributed by atoms with E-state index in [1.165, 1.54) is 12.1 Å². The monoisotopic (exact) mass is 306 g/mol. The van der Waals surface area contributed by atoms with E-state index in [9.17, 15) is 9.59 Å². The van der Waals surface area contributed by atoms with Gasteiger partial charge in [-0.3, -0.25) is 4.79 Å². The first-order valence-corrected chi connectivity index (χ1v) is 6.65. The largest absolute Gasteiger partial charge is 0.761 e. The minimum atomic E-state index is -1.16. The van der Waals surface area contributed by atoms with Gasteiger partial charge in [0.15, 0.2) is 5.70 Å². The smallest absolute Gasteiger partial charge is 0.337 e.